The van der Waals surface area contributed by atoms with Crippen LogP contribution in [0.1, 0.15) is 40.7 Å². The van der Waals surface area contributed by atoms with E-state index in [1.165, 1.54) is 17.5 Å². The molecular formula is C15H18N2OS. The molecule has 0 saturated heterocycles. The van der Waals surface area contributed by atoms with Gasteiger partial charge < -0.3 is 10.5 Å². The van der Waals surface area contributed by atoms with Gasteiger partial charge in [0.1, 0.15) is 12.4 Å². The first kappa shape index (κ1) is 12.6. The molecule has 0 amide bonds. The van der Waals surface area contributed by atoms with Gasteiger partial charge in [0.05, 0.1) is 10.7 Å². The molecule has 0 saturated carbocycles. The van der Waals surface area contributed by atoms with E-state index < -0.39 is 0 Å². The average molecular weight is 274 g/mol. The van der Waals surface area contributed by atoms with E-state index in [1.807, 2.05) is 18.4 Å². The number of hydrogen-bond donors (Lipinski definition) is 1. The molecule has 1 aromatic heterocycles. The first-order valence-electron chi connectivity index (χ1n) is 6.64. The van der Waals surface area contributed by atoms with E-state index in [-0.39, 0.29) is 6.04 Å². The monoisotopic (exact) mass is 274 g/mol. The summed E-state index contributed by atoms with van der Waals surface area (Å²) in [5, 5.41) is 3.12. The molecule has 0 radical (unpaired) electrons. The Morgan fingerprint density at radius 1 is 1.47 bits per heavy atom. The molecule has 1 heterocycles. The van der Waals surface area contributed by atoms with E-state index in [9.17, 15) is 0 Å². The number of fused-ring (bicyclic) bond motifs is 1. The Labute approximate surface area is 117 Å². The summed E-state index contributed by atoms with van der Waals surface area (Å²) >= 11 is 1.65. The number of hydrogen-bond acceptors (Lipinski definition) is 4. The summed E-state index contributed by atoms with van der Waals surface area (Å²) in [6.45, 7) is 2.53. The molecule has 2 aromatic rings. The van der Waals surface area contributed by atoms with Gasteiger partial charge in [-0.05, 0) is 49.4 Å². The second-order valence-electron chi connectivity index (χ2n) is 5.01. The van der Waals surface area contributed by atoms with Gasteiger partial charge in [0.25, 0.3) is 0 Å². The number of aromatic nitrogens is 1. The van der Waals surface area contributed by atoms with Crippen LogP contribution < -0.4 is 10.5 Å². The molecule has 3 rings (SSSR count). The van der Waals surface area contributed by atoms with Gasteiger partial charge in [-0.1, -0.05) is 6.07 Å². The highest BCUT2D eigenvalue weighted by Crippen LogP contribution is 2.31. The molecule has 0 fully saturated rings. The Morgan fingerprint density at radius 2 is 2.37 bits per heavy atom. The molecule has 1 atom stereocenters. The number of aryl methyl sites for hydroxylation is 2. The molecule has 1 unspecified atom stereocenters. The van der Waals surface area contributed by atoms with Gasteiger partial charge in [0.2, 0.25) is 0 Å². The highest BCUT2D eigenvalue weighted by molar-refractivity contribution is 7.09. The van der Waals surface area contributed by atoms with E-state index in [4.69, 9.17) is 10.5 Å². The first-order valence-corrected chi connectivity index (χ1v) is 7.52. The van der Waals surface area contributed by atoms with Crippen molar-refractivity contribution in [2.45, 2.75) is 38.8 Å². The van der Waals surface area contributed by atoms with Crippen LogP contribution in [0.25, 0.3) is 0 Å². The van der Waals surface area contributed by atoms with Crippen molar-refractivity contribution in [3.05, 3.63) is 45.4 Å². The first-order chi connectivity index (χ1) is 9.22. The molecule has 3 nitrogen and oxygen atoms in total. The SMILES string of the molecule is Cc1nc(COc2ccc3c(c2)C(N)CCC3)cs1. The lowest BCUT2D eigenvalue weighted by Gasteiger charge is -2.22. The fourth-order valence-electron chi connectivity index (χ4n) is 2.54. The lowest BCUT2D eigenvalue weighted by Crippen LogP contribution is -2.17. The molecule has 0 aliphatic heterocycles. The Balaban J connectivity index is 1.73. The zero-order valence-corrected chi connectivity index (χ0v) is 11.9. The van der Waals surface area contributed by atoms with E-state index in [0.29, 0.717) is 6.61 Å². The molecule has 0 bridgehead atoms. The standard InChI is InChI=1S/C15H18N2OS/c1-10-17-12(9-19-10)8-18-13-6-5-11-3-2-4-15(16)14(11)7-13/h5-7,9,15H,2-4,8,16H2,1H3. The van der Waals surface area contributed by atoms with Crippen molar-refractivity contribution >= 4 is 11.3 Å². The minimum atomic E-state index is 0.161. The van der Waals surface area contributed by atoms with Crippen LogP contribution in [0.4, 0.5) is 0 Å². The zero-order valence-electron chi connectivity index (χ0n) is 11.1. The normalized spacial score (nSPS) is 18.1. The fourth-order valence-corrected chi connectivity index (χ4v) is 3.13. The summed E-state index contributed by atoms with van der Waals surface area (Å²) < 4.78 is 5.81. The van der Waals surface area contributed by atoms with Crippen molar-refractivity contribution in [1.82, 2.24) is 4.98 Å². The number of benzene rings is 1. The van der Waals surface area contributed by atoms with Crippen molar-refractivity contribution in [2.75, 3.05) is 0 Å². The van der Waals surface area contributed by atoms with Crippen LogP contribution >= 0.6 is 11.3 Å². The van der Waals surface area contributed by atoms with Crippen LogP contribution in [0, 0.1) is 6.92 Å². The number of thiazole rings is 1. The zero-order chi connectivity index (χ0) is 13.2. The molecule has 1 aliphatic carbocycles. The smallest absolute Gasteiger partial charge is 0.131 e. The Bertz CT molecular complexity index is 579. The molecular weight excluding hydrogens is 256 g/mol. The Morgan fingerprint density at radius 3 is 3.16 bits per heavy atom. The summed E-state index contributed by atoms with van der Waals surface area (Å²) in [6, 6.07) is 6.44. The van der Waals surface area contributed by atoms with E-state index in [0.717, 1.165) is 29.3 Å². The molecule has 0 spiro atoms. The topological polar surface area (TPSA) is 48.1 Å². The van der Waals surface area contributed by atoms with Crippen molar-refractivity contribution in [1.29, 1.82) is 0 Å². The molecule has 1 aromatic carbocycles. The van der Waals surface area contributed by atoms with E-state index in [1.54, 1.807) is 11.3 Å². The van der Waals surface area contributed by atoms with Crippen LogP contribution in [0.2, 0.25) is 0 Å². The summed E-state index contributed by atoms with van der Waals surface area (Å²) in [5.41, 5.74) is 9.77. The highest BCUT2D eigenvalue weighted by Gasteiger charge is 2.17. The van der Waals surface area contributed by atoms with Crippen molar-refractivity contribution in [3.63, 3.8) is 0 Å². The van der Waals surface area contributed by atoms with Crippen LogP contribution in [-0.2, 0) is 13.0 Å². The van der Waals surface area contributed by atoms with Gasteiger partial charge >= 0.3 is 0 Å². The average Bonchev–Trinajstić information content (AvgIpc) is 2.83. The summed E-state index contributed by atoms with van der Waals surface area (Å²) in [6.07, 6.45) is 3.39. The van der Waals surface area contributed by atoms with Crippen LogP contribution in [-0.4, -0.2) is 4.98 Å². The predicted octanol–water partition coefficient (Wildman–Crippen LogP) is 3.37. The molecule has 2 N–H and O–H groups in total. The number of nitrogens with zero attached hydrogens (tertiary/aromatic N) is 1. The third kappa shape index (κ3) is 2.80. The van der Waals surface area contributed by atoms with Gasteiger partial charge in [-0.3, -0.25) is 0 Å². The molecule has 1 aliphatic rings. The number of nitrogens with two attached hydrogens (primary N) is 1. The van der Waals surface area contributed by atoms with Gasteiger partial charge in [-0.15, -0.1) is 11.3 Å². The second-order valence-corrected chi connectivity index (χ2v) is 6.07. The second kappa shape index (κ2) is 5.31. The lowest BCUT2D eigenvalue weighted by molar-refractivity contribution is 0.301. The van der Waals surface area contributed by atoms with Crippen molar-refractivity contribution in [2.24, 2.45) is 5.73 Å². The van der Waals surface area contributed by atoms with Gasteiger partial charge in [-0.2, -0.15) is 0 Å². The van der Waals surface area contributed by atoms with Gasteiger partial charge in [-0.25, -0.2) is 4.98 Å². The Hall–Kier alpha value is -1.39. The fraction of sp³-hybridized carbons (Fsp3) is 0.400. The maximum Gasteiger partial charge on any atom is 0.131 e. The maximum absolute atomic E-state index is 6.16. The van der Waals surface area contributed by atoms with Crippen LogP contribution in [0.15, 0.2) is 23.6 Å². The minimum absolute atomic E-state index is 0.161. The Kier molecular flexibility index (Phi) is 3.53. The largest absolute Gasteiger partial charge is 0.487 e. The molecule has 19 heavy (non-hydrogen) atoms. The molecule has 4 heteroatoms. The van der Waals surface area contributed by atoms with Crippen LogP contribution in [0.5, 0.6) is 5.75 Å². The third-order valence-corrected chi connectivity index (χ3v) is 4.35. The lowest BCUT2D eigenvalue weighted by atomic mass is 9.88. The third-order valence-electron chi connectivity index (χ3n) is 3.53. The van der Waals surface area contributed by atoms with Crippen molar-refractivity contribution < 1.29 is 4.74 Å². The van der Waals surface area contributed by atoms with Crippen molar-refractivity contribution in [3.8, 4) is 5.75 Å². The van der Waals surface area contributed by atoms with Gasteiger partial charge in [0, 0.05) is 11.4 Å². The van der Waals surface area contributed by atoms with Crippen LogP contribution in [0.3, 0.4) is 0 Å². The predicted molar refractivity (Wildman–Crippen MR) is 77.5 cm³/mol. The summed E-state index contributed by atoms with van der Waals surface area (Å²) in [7, 11) is 0. The quantitative estimate of drug-likeness (QED) is 0.933. The van der Waals surface area contributed by atoms with E-state index in [2.05, 4.69) is 17.1 Å². The number of rotatable bonds is 3. The summed E-state index contributed by atoms with van der Waals surface area (Å²) in [4.78, 5) is 4.40. The molecule has 100 valence electrons. The summed E-state index contributed by atoms with van der Waals surface area (Å²) in [5.74, 6) is 0.891. The van der Waals surface area contributed by atoms with E-state index >= 15 is 0 Å². The highest BCUT2D eigenvalue weighted by atomic mass is 32.1. The number of ether oxygens (including phenoxy) is 1. The van der Waals surface area contributed by atoms with Gasteiger partial charge in [0.15, 0.2) is 0 Å². The maximum atomic E-state index is 6.16. The minimum Gasteiger partial charge on any atom is -0.487 e.